The SMILES string of the molecule is CCOC(=O)c1cc(-c2ccc(S(=O)(=O)NC3CCCCCCC3)s2)on1. The zero-order valence-electron chi connectivity index (χ0n) is 15.3. The zero-order valence-corrected chi connectivity index (χ0v) is 16.9. The molecule has 1 saturated carbocycles. The van der Waals surface area contributed by atoms with Gasteiger partial charge in [0.2, 0.25) is 10.0 Å². The summed E-state index contributed by atoms with van der Waals surface area (Å²) in [6.07, 6.45) is 7.42. The summed E-state index contributed by atoms with van der Waals surface area (Å²) in [6.45, 7) is 1.95. The number of carbonyl (C=O) groups excluding carboxylic acids is 1. The lowest BCUT2D eigenvalue weighted by Gasteiger charge is -2.20. The van der Waals surface area contributed by atoms with E-state index in [9.17, 15) is 13.2 Å². The zero-order chi connectivity index (χ0) is 19.3. The smallest absolute Gasteiger partial charge is 0.360 e. The maximum Gasteiger partial charge on any atom is 0.360 e. The van der Waals surface area contributed by atoms with Gasteiger partial charge in [-0.25, -0.2) is 17.9 Å². The van der Waals surface area contributed by atoms with E-state index in [1.54, 1.807) is 19.1 Å². The molecule has 0 aromatic carbocycles. The van der Waals surface area contributed by atoms with Crippen molar-refractivity contribution in [1.29, 1.82) is 0 Å². The second-order valence-electron chi connectivity index (χ2n) is 6.58. The van der Waals surface area contributed by atoms with Gasteiger partial charge in [0, 0.05) is 12.1 Å². The average molecular weight is 413 g/mol. The number of sulfonamides is 1. The first-order valence-corrected chi connectivity index (χ1v) is 11.6. The predicted octanol–water partition coefficient (Wildman–Crippen LogP) is 3.97. The Balaban J connectivity index is 1.71. The van der Waals surface area contributed by atoms with Crippen molar-refractivity contribution in [2.75, 3.05) is 6.61 Å². The minimum atomic E-state index is -3.58. The Hall–Kier alpha value is -1.71. The third-order valence-electron chi connectivity index (χ3n) is 4.51. The first kappa shape index (κ1) is 20.0. The van der Waals surface area contributed by atoms with Crippen LogP contribution in [0.15, 0.2) is 26.9 Å². The Bertz CT molecular complexity index is 864. The molecule has 0 radical (unpaired) electrons. The largest absolute Gasteiger partial charge is 0.461 e. The molecule has 0 bridgehead atoms. The van der Waals surface area contributed by atoms with E-state index in [-0.39, 0.29) is 22.6 Å². The Morgan fingerprint density at radius 2 is 1.96 bits per heavy atom. The van der Waals surface area contributed by atoms with Crippen LogP contribution in [0.25, 0.3) is 10.6 Å². The molecule has 0 aliphatic heterocycles. The quantitative estimate of drug-likeness (QED) is 0.721. The number of aromatic nitrogens is 1. The highest BCUT2D eigenvalue weighted by Gasteiger charge is 2.24. The first-order chi connectivity index (χ1) is 13.0. The number of thiophene rings is 1. The summed E-state index contributed by atoms with van der Waals surface area (Å²) in [5, 5.41) is 3.69. The number of nitrogens with one attached hydrogen (secondary N) is 1. The summed E-state index contributed by atoms with van der Waals surface area (Å²) in [6, 6.07) is 4.66. The molecule has 0 saturated heterocycles. The molecule has 9 heteroatoms. The number of esters is 1. The van der Waals surface area contributed by atoms with E-state index in [1.807, 2.05) is 0 Å². The Morgan fingerprint density at radius 3 is 2.67 bits per heavy atom. The summed E-state index contributed by atoms with van der Waals surface area (Å²) >= 11 is 1.09. The number of rotatable bonds is 6. The third kappa shape index (κ3) is 5.18. The lowest BCUT2D eigenvalue weighted by atomic mass is 9.97. The van der Waals surface area contributed by atoms with E-state index in [2.05, 4.69) is 9.88 Å². The Kier molecular flexibility index (Phi) is 6.67. The van der Waals surface area contributed by atoms with Gasteiger partial charge < -0.3 is 9.26 Å². The van der Waals surface area contributed by atoms with Crippen LogP contribution in [-0.4, -0.2) is 32.2 Å². The fraction of sp³-hybridized carbons (Fsp3) is 0.556. The van der Waals surface area contributed by atoms with Crippen molar-refractivity contribution in [3.63, 3.8) is 0 Å². The van der Waals surface area contributed by atoms with Crippen molar-refractivity contribution in [3.05, 3.63) is 23.9 Å². The second-order valence-corrected chi connectivity index (χ2v) is 9.60. The van der Waals surface area contributed by atoms with Gasteiger partial charge >= 0.3 is 5.97 Å². The van der Waals surface area contributed by atoms with E-state index >= 15 is 0 Å². The lowest BCUT2D eigenvalue weighted by Crippen LogP contribution is -2.34. The molecule has 148 valence electrons. The molecule has 27 heavy (non-hydrogen) atoms. The molecule has 3 rings (SSSR count). The van der Waals surface area contributed by atoms with E-state index in [0.29, 0.717) is 10.6 Å². The number of carbonyl (C=O) groups is 1. The van der Waals surface area contributed by atoms with Crippen molar-refractivity contribution >= 4 is 27.3 Å². The van der Waals surface area contributed by atoms with Gasteiger partial charge in [-0.15, -0.1) is 11.3 Å². The number of hydrogen-bond donors (Lipinski definition) is 1. The molecular formula is C18H24N2O5S2. The summed E-state index contributed by atoms with van der Waals surface area (Å²) in [5.41, 5.74) is 0.0669. The van der Waals surface area contributed by atoms with Crippen LogP contribution < -0.4 is 4.72 Å². The van der Waals surface area contributed by atoms with Crippen molar-refractivity contribution in [2.45, 2.75) is 62.1 Å². The van der Waals surface area contributed by atoms with Crippen LogP contribution in [-0.2, 0) is 14.8 Å². The summed E-state index contributed by atoms with van der Waals surface area (Å²) in [4.78, 5) is 12.3. The molecular weight excluding hydrogens is 388 g/mol. The maximum absolute atomic E-state index is 12.7. The molecule has 0 atom stereocenters. The molecule has 0 spiro atoms. The summed E-state index contributed by atoms with van der Waals surface area (Å²) in [5.74, 6) is -0.224. The van der Waals surface area contributed by atoms with Crippen LogP contribution in [0.2, 0.25) is 0 Å². The van der Waals surface area contributed by atoms with Crippen LogP contribution in [0.3, 0.4) is 0 Å². The van der Waals surface area contributed by atoms with Crippen molar-refractivity contribution < 1.29 is 22.5 Å². The fourth-order valence-corrected chi connectivity index (χ4v) is 5.72. The second kappa shape index (κ2) is 8.99. The summed E-state index contributed by atoms with van der Waals surface area (Å²) in [7, 11) is -3.58. The predicted molar refractivity (Wildman–Crippen MR) is 102 cm³/mol. The topological polar surface area (TPSA) is 98.5 Å². The molecule has 1 aliphatic carbocycles. The van der Waals surface area contributed by atoms with Crippen LogP contribution in [0.1, 0.15) is 62.4 Å². The molecule has 7 nitrogen and oxygen atoms in total. The molecule has 1 fully saturated rings. The van der Waals surface area contributed by atoms with Crippen molar-refractivity contribution in [3.8, 4) is 10.6 Å². The highest BCUT2D eigenvalue weighted by molar-refractivity contribution is 7.91. The minimum absolute atomic E-state index is 0.0125. The van der Waals surface area contributed by atoms with Gasteiger partial charge in [-0.1, -0.05) is 37.3 Å². The molecule has 2 aromatic rings. The van der Waals surface area contributed by atoms with E-state index in [1.165, 1.54) is 12.5 Å². The Labute approximate surface area is 163 Å². The van der Waals surface area contributed by atoms with Crippen LogP contribution in [0.5, 0.6) is 0 Å². The van der Waals surface area contributed by atoms with Crippen molar-refractivity contribution in [1.82, 2.24) is 9.88 Å². The number of nitrogens with zero attached hydrogens (tertiary/aromatic N) is 1. The van der Waals surface area contributed by atoms with E-state index in [4.69, 9.17) is 9.26 Å². The molecule has 2 heterocycles. The van der Waals surface area contributed by atoms with Crippen molar-refractivity contribution in [2.24, 2.45) is 0 Å². The molecule has 1 aliphatic rings. The molecule has 0 unspecified atom stereocenters. The first-order valence-electron chi connectivity index (χ1n) is 9.26. The normalized spacial score (nSPS) is 16.6. The van der Waals surface area contributed by atoms with Crippen LogP contribution >= 0.6 is 11.3 Å². The van der Waals surface area contributed by atoms with Gasteiger partial charge in [0.25, 0.3) is 0 Å². The number of ether oxygens (including phenoxy) is 1. The standard InChI is InChI=1S/C18H24N2O5S2/c1-2-24-18(21)14-12-15(25-19-14)16-10-11-17(26-16)27(22,23)20-13-8-6-4-3-5-7-9-13/h10-13,20H,2-9H2,1H3. The van der Waals surface area contributed by atoms with Gasteiger partial charge in [-0.3, -0.25) is 0 Å². The Morgan fingerprint density at radius 1 is 1.26 bits per heavy atom. The maximum atomic E-state index is 12.7. The molecule has 1 N–H and O–H groups in total. The van der Waals surface area contributed by atoms with Gasteiger partial charge in [0.05, 0.1) is 11.5 Å². The highest BCUT2D eigenvalue weighted by Crippen LogP contribution is 2.32. The summed E-state index contributed by atoms with van der Waals surface area (Å²) < 4.78 is 38.6. The highest BCUT2D eigenvalue weighted by atomic mass is 32.2. The van der Waals surface area contributed by atoms with Crippen LogP contribution in [0.4, 0.5) is 0 Å². The van der Waals surface area contributed by atoms with Gasteiger partial charge in [0.1, 0.15) is 4.21 Å². The lowest BCUT2D eigenvalue weighted by molar-refractivity contribution is 0.0514. The monoisotopic (exact) mass is 412 g/mol. The molecule has 0 amide bonds. The molecule has 2 aromatic heterocycles. The van der Waals surface area contributed by atoms with E-state index < -0.39 is 16.0 Å². The minimum Gasteiger partial charge on any atom is -0.461 e. The van der Waals surface area contributed by atoms with Crippen LogP contribution in [0, 0.1) is 0 Å². The number of hydrogen-bond acceptors (Lipinski definition) is 7. The van der Waals surface area contributed by atoms with Gasteiger partial charge in [-0.05, 0) is 31.9 Å². The third-order valence-corrected chi connectivity index (χ3v) is 7.62. The van der Waals surface area contributed by atoms with Gasteiger partial charge in [0.15, 0.2) is 11.5 Å². The average Bonchev–Trinajstić information content (AvgIpc) is 3.26. The van der Waals surface area contributed by atoms with Gasteiger partial charge in [-0.2, -0.15) is 0 Å². The van der Waals surface area contributed by atoms with E-state index in [0.717, 1.165) is 49.9 Å². The fourth-order valence-electron chi connectivity index (χ4n) is 3.14.